The summed E-state index contributed by atoms with van der Waals surface area (Å²) in [5.74, 6) is 0.555. The SMILES string of the molecule is CC(=O)C1C(c2ccccc2)C2c3ncccc3NC2N1C. The third-order valence-corrected chi connectivity index (χ3v) is 5.00. The summed E-state index contributed by atoms with van der Waals surface area (Å²) in [5, 5.41) is 3.54. The van der Waals surface area contributed by atoms with Crippen LogP contribution in [0.3, 0.4) is 0 Å². The van der Waals surface area contributed by atoms with E-state index in [0.717, 1.165) is 11.4 Å². The van der Waals surface area contributed by atoms with Crippen molar-refractivity contribution in [1.29, 1.82) is 0 Å². The van der Waals surface area contributed by atoms with E-state index < -0.39 is 0 Å². The van der Waals surface area contributed by atoms with Crippen molar-refractivity contribution in [2.24, 2.45) is 0 Å². The Morgan fingerprint density at radius 3 is 2.64 bits per heavy atom. The summed E-state index contributed by atoms with van der Waals surface area (Å²) in [4.78, 5) is 19.1. The number of carbonyl (C=O) groups excluding carboxylic acids is 1. The molecule has 1 fully saturated rings. The molecule has 4 heteroatoms. The van der Waals surface area contributed by atoms with Gasteiger partial charge in [0.05, 0.1) is 23.6 Å². The molecule has 0 bridgehead atoms. The largest absolute Gasteiger partial charge is 0.367 e. The molecular weight excluding hydrogens is 274 g/mol. The number of pyridine rings is 1. The first-order chi connectivity index (χ1) is 10.7. The number of rotatable bonds is 2. The molecule has 1 aromatic heterocycles. The zero-order valence-corrected chi connectivity index (χ0v) is 12.7. The molecule has 0 aliphatic carbocycles. The summed E-state index contributed by atoms with van der Waals surface area (Å²) in [5.41, 5.74) is 3.38. The predicted octanol–water partition coefficient (Wildman–Crippen LogP) is 2.60. The minimum atomic E-state index is -0.111. The lowest BCUT2D eigenvalue weighted by Gasteiger charge is -2.26. The normalized spacial score (nSPS) is 29.7. The predicted molar refractivity (Wildman–Crippen MR) is 85.8 cm³/mol. The second-order valence-corrected chi connectivity index (χ2v) is 6.21. The highest BCUT2D eigenvalue weighted by atomic mass is 16.1. The van der Waals surface area contributed by atoms with E-state index in [9.17, 15) is 4.79 Å². The lowest BCUT2D eigenvalue weighted by atomic mass is 9.81. The standard InChI is InChI=1S/C18H19N3O/c1-11(22)17-14(12-7-4-3-5-8-12)15-16-13(9-6-10-19-16)20-18(15)21(17)2/h3-10,14-15,17-18,20H,1-2H3. The number of likely N-dealkylation sites (N-methyl/N-ethyl adjacent to an activating group) is 1. The van der Waals surface area contributed by atoms with Gasteiger partial charge in [0.1, 0.15) is 5.78 Å². The maximum atomic E-state index is 12.3. The van der Waals surface area contributed by atoms with E-state index in [1.54, 1.807) is 6.92 Å². The highest BCUT2D eigenvalue weighted by Gasteiger charge is 2.54. The molecular formula is C18H19N3O. The Bertz CT molecular complexity index is 715. The van der Waals surface area contributed by atoms with Crippen molar-refractivity contribution >= 4 is 11.5 Å². The lowest BCUT2D eigenvalue weighted by Crippen LogP contribution is -2.41. The number of likely N-dealkylation sites (tertiary alicyclic amines) is 1. The Morgan fingerprint density at radius 2 is 1.91 bits per heavy atom. The van der Waals surface area contributed by atoms with Gasteiger partial charge in [0.2, 0.25) is 0 Å². The van der Waals surface area contributed by atoms with Crippen LogP contribution in [-0.4, -0.2) is 34.9 Å². The van der Waals surface area contributed by atoms with E-state index in [-0.39, 0.29) is 29.8 Å². The summed E-state index contributed by atoms with van der Waals surface area (Å²) in [6, 6.07) is 14.3. The average Bonchev–Trinajstić information content (AvgIpc) is 3.04. The van der Waals surface area contributed by atoms with Crippen LogP contribution in [0.15, 0.2) is 48.7 Å². The molecule has 2 aliphatic rings. The molecule has 0 radical (unpaired) electrons. The number of carbonyl (C=O) groups is 1. The Labute approximate surface area is 130 Å². The van der Waals surface area contributed by atoms with Crippen LogP contribution < -0.4 is 5.32 Å². The number of fused-ring (bicyclic) bond motifs is 3. The van der Waals surface area contributed by atoms with Crippen molar-refractivity contribution < 1.29 is 4.79 Å². The Hall–Kier alpha value is -2.20. The fourth-order valence-corrected chi connectivity index (χ4v) is 4.15. The van der Waals surface area contributed by atoms with Crippen LogP contribution >= 0.6 is 0 Å². The molecule has 0 amide bonds. The first-order valence-electron chi connectivity index (χ1n) is 7.67. The van der Waals surface area contributed by atoms with Gasteiger partial charge in [-0.15, -0.1) is 0 Å². The number of aromatic nitrogens is 1. The minimum Gasteiger partial charge on any atom is -0.367 e. The fraction of sp³-hybridized carbons (Fsp3) is 0.333. The van der Waals surface area contributed by atoms with Gasteiger partial charge in [-0.2, -0.15) is 0 Å². The number of nitrogens with zero attached hydrogens (tertiary/aromatic N) is 2. The van der Waals surface area contributed by atoms with Gasteiger partial charge < -0.3 is 5.32 Å². The van der Waals surface area contributed by atoms with Crippen LogP contribution in [0.25, 0.3) is 0 Å². The summed E-state index contributed by atoms with van der Waals surface area (Å²) in [6.45, 7) is 1.69. The molecule has 0 saturated carbocycles. The maximum absolute atomic E-state index is 12.3. The van der Waals surface area contributed by atoms with Gasteiger partial charge in [0.15, 0.2) is 0 Å². The summed E-state index contributed by atoms with van der Waals surface area (Å²) in [7, 11) is 2.03. The molecule has 4 nitrogen and oxygen atoms in total. The number of benzene rings is 1. The smallest absolute Gasteiger partial charge is 0.147 e. The first kappa shape index (κ1) is 13.5. The van der Waals surface area contributed by atoms with E-state index in [4.69, 9.17) is 0 Å². The van der Waals surface area contributed by atoms with Crippen LogP contribution in [-0.2, 0) is 4.79 Å². The number of Topliss-reactive ketones (excluding diaryl/α,β-unsaturated/α-hetero) is 1. The number of nitrogens with one attached hydrogen (secondary N) is 1. The van der Waals surface area contributed by atoms with E-state index >= 15 is 0 Å². The summed E-state index contributed by atoms with van der Waals surface area (Å²) < 4.78 is 0. The van der Waals surface area contributed by atoms with Crippen LogP contribution in [0.5, 0.6) is 0 Å². The Balaban J connectivity index is 1.86. The molecule has 4 rings (SSSR count). The second kappa shape index (κ2) is 4.92. The van der Waals surface area contributed by atoms with Gasteiger partial charge in [-0.3, -0.25) is 14.7 Å². The van der Waals surface area contributed by atoms with Gasteiger partial charge in [-0.1, -0.05) is 30.3 Å². The molecule has 2 aliphatic heterocycles. The molecule has 22 heavy (non-hydrogen) atoms. The molecule has 112 valence electrons. The van der Waals surface area contributed by atoms with E-state index in [2.05, 4.69) is 33.4 Å². The van der Waals surface area contributed by atoms with E-state index in [1.807, 2.05) is 37.5 Å². The molecule has 4 atom stereocenters. The minimum absolute atomic E-state index is 0.111. The lowest BCUT2D eigenvalue weighted by molar-refractivity contribution is -0.121. The summed E-state index contributed by atoms with van der Waals surface area (Å²) >= 11 is 0. The molecule has 1 N–H and O–H groups in total. The van der Waals surface area contributed by atoms with Crippen molar-refractivity contribution in [3.63, 3.8) is 0 Å². The highest BCUT2D eigenvalue weighted by Crippen LogP contribution is 2.52. The molecule has 2 aromatic rings. The highest BCUT2D eigenvalue weighted by molar-refractivity contribution is 5.84. The first-order valence-corrected chi connectivity index (χ1v) is 7.67. The second-order valence-electron chi connectivity index (χ2n) is 6.21. The molecule has 4 unspecified atom stereocenters. The van der Waals surface area contributed by atoms with Gasteiger partial charge >= 0.3 is 0 Å². The zero-order valence-electron chi connectivity index (χ0n) is 12.7. The monoisotopic (exact) mass is 293 g/mol. The van der Waals surface area contributed by atoms with Crippen LogP contribution in [0.4, 0.5) is 5.69 Å². The van der Waals surface area contributed by atoms with Gasteiger partial charge in [-0.05, 0) is 31.7 Å². The maximum Gasteiger partial charge on any atom is 0.147 e. The van der Waals surface area contributed by atoms with Crippen LogP contribution in [0.2, 0.25) is 0 Å². The number of ketones is 1. The fourth-order valence-electron chi connectivity index (χ4n) is 4.15. The average molecular weight is 293 g/mol. The molecule has 3 heterocycles. The van der Waals surface area contributed by atoms with E-state index in [0.29, 0.717) is 0 Å². The number of anilines is 1. The zero-order chi connectivity index (χ0) is 15.3. The third kappa shape index (κ3) is 1.80. The van der Waals surface area contributed by atoms with Crippen molar-refractivity contribution in [3.05, 3.63) is 59.9 Å². The quantitative estimate of drug-likeness (QED) is 0.924. The Kier molecular flexibility index (Phi) is 3.01. The van der Waals surface area contributed by atoms with Crippen LogP contribution in [0, 0.1) is 0 Å². The van der Waals surface area contributed by atoms with Gasteiger partial charge in [0.25, 0.3) is 0 Å². The van der Waals surface area contributed by atoms with Crippen molar-refractivity contribution in [1.82, 2.24) is 9.88 Å². The molecule has 0 spiro atoms. The molecule has 1 saturated heterocycles. The number of hydrogen-bond donors (Lipinski definition) is 1. The van der Waals surface area contributed by atoms with Crippen molar-refractivity contribution in [2.45, 2.75) is 31.0 Å². The van der Waals surface area contributed by atoms with Crippen LogP contribution in [0.1, 0.15) is 30.0 Å². The van der Waals surface area contributed by atoms with Crippen molar-refractivity contribution in [2.75, 3.05) is 12.4 Å². The molecule has 1 aromatic carbocycles. The van der Waals surface area contributed by atoms with E-state index in [1.165, 1.54) is 5.56 Å². The third-order valence-electron chi connectivity index (χ3n) is 5.00. The van der Waals surface area contributed by atoms with Gasteiger partial charge in [-0.25, -0.2) is 0 Å². The van der Waals surface area contributed by atoms with Gasteiger partial charge in [0, 0.05) is 18.0 Å². The number of hydrogen-bond acceptors (Lipinski definition) is 4. The Morgan fingerprint density at radius 1 is 1.14 bits per heavy atom. The van der Waals surface area contributed by atoms with Crippen molar-refractivity contribution in [3.8, 4) is 0 Å². The summed E-state index contributed by atoms with van der Waals surface area (Å²) in [6.07, 6.45) is 1.97. The topological polar surface area (TPSA) is 45.2 Å².